The van der Waals surface area contributed by atoms with Crippen molar-refractivity contribution >= 4 is 11.4 Å². The predicted octanol–water partition coefficient (Wildman–Crippen LogP) is 2.63. The smallest absolute Gasteiger partial charge is 0.278 e. The highest BCUT2D eigenvalue weighted by molar-refractivity contribution is 5.52. The van der Waals surface area contributed by atoms with Crippen LogP contribution in [-0.2, 0) is 25.6 Å². The average Bonchev–Trinajstić information content (AvgIpc) is 3.55. The summed E-state index contributed by atoms with van der Waals surface area (Å²) < 4.78 is 16.9. The summed E-state index contributed by atoms with van der Waals surface area (Å²) in [5.74, 6) is -1.39. The molecule has 2 fully saturated rings. The van der Waals surface area contributed by atoms with Gasteiger partial charge in [0.2, 0.25) is 5.79 Å². The van der Waals surface area contributed by atoms with E-state index >= 15 is 0 Å². The molecule has 9 nitrogen and oxygen atoms in total. The van der Waals surface area contributed by atoms with Gasteiger partial charge in [-0.05, 0) is 12.1 Å². The normalized spacial score (nSPS) is 29.2. The topological polar surface area (TPSA) is 121 Å². The van der Waals surface area contributed by atoms with Crippen LogP contribution in [0.5, 0.6) is 0 Å². The number of hydrogen-bond acceptors (Lipinski definition) is 7. The molecule has 2 aromatic carbocycles. The molecule has 9 heteroatoms. The van der Waals surface area contributed by atoms with Gasteiger partial charge in [-0.2, -0.15) is 0 Å². The Balaban J connectivity index is 1.78. The maximum absolute atomic E-state index is 11.4. The van der Waals surface area contributed by atoms with Crippen molar-refractivity contribution in [1.29, 1.82) is 0 Å². The van der Waals surface area contributed by atoms with E-state index in [9.17, 15) is 20.2 Å². The van der Waals surface area contributed by atoms with Crippen LogP contribution in [0.1, 0.15) is 11.1 Å². The third-order valence-corrected chi connectivity index (χ3v) is 4.80. The molecule has 0 radical (unpaired) electrons. The standard InChI is InChI=1S/C17H14N2O7/c1-24-17(12-7-3-5-9-14(12)19(22)23)15(26-17)16(10-25-16)11-6-2-4-8-13(11)18(20)21/h2-9,15H,10H2,1H3. The van der Waals surface area contributed by atoms with Crippen LogP contribution in [0.3, 0.4) is 0 Å². The highest BCUT2D eigenvalue weighted by Crippen LogP contribution is 2.63. The highest BCUT2D eigenvalue weighted by atomic mass is 16.8. The Bertz CT molecular complexity index is 911. The highest BCUT2D eigenvalue weighted by Gasteiger charge is 2.76. The number of epoxide rings is 2. The van der Waals surface area contributed by atoms with E-state index in [4.69, 9.17) is 14.2 Å². The number of ether oxygens (including phenoxy) is 3. The molecule has 2 saturated heterocycles. The van der Waals surface area contributed by atoms with E-state index in [-0.39, 0.29) is 23.5 Å². The van der Waals surface area contributed by atoms with Gasteiger partial charge in [0, 0.05) is 19.2 Å². The van der Waals surface area contributed by atoms with Crippen molar-refractivity contribution < 1.29 is 24.1 Å². The summed E-state index contributed by atoms with van der Waals surface area (Å²) in [5.41, 5.74) is -0.676. The van der Waals surface area contributed by atoms with Crippen LogP contribution in [0, 0.1) is 20.2 Å². The summed E-state index contributed by atoms with van der Waals surface area (Å²) in [5, 5.41) is 22.7. The predicted molar refractivity (Wildman–Crippen MR) is 87.4 cm³/mol. The van der Waals surface area contributed by atoms with Crippen molar-refractivity contribution in [1.82, 2.24) is 0 Å². The fraction of sp³-hybridized carbons (Fsp3) is 0.294. The second-order valence-corrected chi connectivity index (χ2v) is 6.10. The van der Waals surface area contributed by atoms with Crippen molar-refractivity contribution in [2.45, 2.75) is 17.5 Å². The largest absolute Gasteiger partial charge is 0.361 e. The van der Waals surface area contributed by atoms with E-state index in [1.165, 1.54) is 19.2 Å². The van der Waals surface area contributed by atoms with Crippen LogP contribution in [0.2, 0.25) is 0 Å². The number of para-hydroxylation sites is 2. The van der Waals surface area contributed by atoms with Crippen LogP contribution in [-0.4, -0.2) is 29.7 Å². The number of nitrogens with zero attached hydrogens (tertiary/aromatic N) is 2. The third kappa shape index (κ3) is 2.22. The van der Waals surface area contributed by atoms with Gasteiger partial charge in [-0.1, -0.05) is 24.3 Å². The lowest BCUT2D eigenvalue weighted by atomic mass is 9.89. The van der Waals surface area contributed by atoms with Crippen molar-refractivity contribution in [2.75, 3.05) is 13.7 Å². The Labute approximate surface area is 147 Å². The van der Waals surface area contributed by atoms with Crippen molar-refractivity contribution in [3.8, 4) is 0 Å². The molecule has 0 spiro atoms. The van der Waals surface area contributed by atoms with Gasteiger partial charge in [-0.25, -0.2) is 0 Å². The first-order chi connectivity index (χ1) is 12.5. The molecule has 0 aliphatic carbocycles. The van der Waals surface area contributed by atoms with Gasteiger partial charge in [0.15, 0.2) is 11.7 Å². The summed E-state index contributed by atoms with van der Waals surface area (Å²) >= 11 is 0. The lowest BCUT2D eigenvalue weighted by molar-refractivity contribution is -0.386. The van der Waals surface area contributed by atoms with Gasteiger partial charge in [0.1, 0.15) is 0 Å². The molecule has 0 bridgehead atoms. The van der Waals surface area contributed by atoms with E-state index < -0.39 is 27.3 Å². The van der Waals surface area contributed by atoms with Crippen LogP contribution < -0.4 is 0 Å². The molecular weight excluding hydrogens is 344 g/mol. The average molecular weight is 358 g/mol. The monoisotopic (exact) mass is 358 g/mol. The SMILES string of the molecule is COC1(c2ccccc2[N+](=O)[O-])OC1C1(c2ccccc2[N+](=O)[O-])CO1. The molecule has 2 aromatic rings. The molecule has 3 atom stereocenters. The molecule has 0 aromatic heterocycles. The Morgan fingerprint density at radius 2 is 1.50 bits per heavy atom. The first kappa shape index (κ1) is 16.6. The lowest BCUT2D eigenvalue weighted by Crippen LogP contribution is -2.27. The minimum Gasteiger partial charge on any atom is -0.361 e. The molecule has 2 aliphatic heterocycles. The number of nitro groups is 2. The Morgan fingerprint density at radius 3 is 2.00 bits per heavy atom. The first-order valence-electron chi connectivity index (χ1n) is 7.81. The second kappa shape index (κ2) is 5.56. The first-order valence-corrected chi connectivity index (χ1v) is 7.81. The molecular formula is C17H14N2O7. The number of methoxy groups -OCH3 is 1. The Kier molecular flexibility index (Phi) is 3.55. The summed E-state index contributed by atoms with van der Waals surface area (Å²) in [6.07, 6.45) is -0.734. The van der Waals surface area contributed by atoms with E-state index in [1.807, 2.05) is 0 Å². The number of nitro benzene ring substituents is 2. The van der Waals surface area contributed by atoms with Gasteiger partial charge in [0.25, 0.3) is 11.4 Å². The van der Waals surface area contributed by atoms with Crippen LogP contribution >= 0.6 is 0 Å². The van der Waals surface area contributed by atoms with Gasteiger partial charge >= 0.3 is 0 Å². The molecule has 3 unspecified atom stereocenters. The molecule has 134 valence electrons. The number of benzene rings is 2. The van der Waals surface area contributed by atoms with E-state index in [2.05, 4.69) is 0 Å². The molecule has 26 heavy (non-hydrogen) atoms. The van der Waals surface area contributed by atoms with Gasteiger partial charge in [-0.3, -0.25) is 20.2 Å². The fourth-order valence-electron chi connectivity index (χ4n) is 3.46. The minimum absolute atomic E-state index is 0.0898. The van der Waals surface area contributed by atoms with Crippen LogP contribution in [0.15, 0.2) is 48.5 Å². The zero-order valence-electron chi connectivity index (χ0n) is 13.7. The maximum atomic E-state index is 11.4. The molecule has 4 rings (SSSR count). The zero-order valence-corrected chi connectivity index (χ0v) is 13.7. The number of rotatable bonds is 6. The van der Waals surface area contributed by atoms with Crippen LogP contribution in [0.4, 0.5) is 11.4 Å². The van der Waals surface area contributed by atoms with Crippen molar-refractivity contribution in [3.05, 3.63) is 79.9 Å². The van der Waals surface area contributed by atoms with E-state index in [1.54, 1.807) is 36.4 Å². The zero-order chi connectivity index (χ0) is 18.5. The van der Waals surface area contributed by atoms with Crippen LogP contribution in [0.25, 0.3) is 0 Å². The van der Waals surface area contributed by atoms with E-state index in [0.29, 0.717) is 5.56 Å². The van der Waals surface area contributed by atoms with Gasteiger partial charge in [0.05, 0.1) is 27.6 Å². The second-order valence-electron chi connectivity index (χ2n) is 6.10. The van der Waals surface area contributed by atoms with Crippen molar-refractivity contribution in [2.24, 2.45) is 0 Å². The summed E-state index contributed by atoms with van der Waals surface area (Å²) in [4.78, 5) is 21.7. The Morgan fingerprint density at radius 1 is 1.00 bits per heavy atom. The molecule has 2 heterocycles. The van der Waals surface area contributed by atoms with Gasteiger partial charge in [-0.15, -0.1) is 0 Å². The van der Waals surface area contributed by atoms with Crippen molar-refractivity contribution in [3.63, 3.8) is 0 Å². The maximum Gasteiger partial charge on any atom is 0.278 e. The minimum atomic E-state index is -1.39. The van der Waals surface area contributed by atoms with E-state index in [0.717, 1.165) is 0 Å². The molecule has 0 amide bonds. The Hall–Kier alpha value is -2.88. The summed E-state index contributed by atoms with van der Waals surface area (Å²) in [6, 6.07) is 12.3. The fourth-order valence-corrected chi connectivity index (χ4v) is 3.46. The quantitative estimate of drug-likeness (QED) is 0.442. The number of hydrogen-bond donors (Lipinski definition) is 0. The molecule has 0 saturated carbocycles. The summed E-state index contributed by atoms with van der Waals surface area (Å²) in [6.45, 7) is 0.203. The molecule has 0 N–H and O–H groups in total. The third-order valence-electron chi connectivity index (χ3n) is 4.80. The lowest BCUT2D eigenvalue weighted by Gasteiger charge is -2.15. The molecule has 2 aliphatic rings. The van der Waals surface area contributed by atoms with Gasteiger partial charge < -0.3 is 14.2 Å². The summed E-state index contributed by atoms with van der Waals surface area (Å²) in [7, 11) is 1.38.